The minimum atomic E-state index is -0.962. The van der Waals surface area contributed by atoms with E-state index >= 15 is 0 Å². The van der Waals surface area contributed by atoms with Gasteiger partial charge in [-0.3, -0.25) is 4.79 Å². The third-order valence-corrected chi connectivity index (χ3v) is 2.15. The van der Waals surface area contributed by atoms with Gasteiger partial charge < -0.3 is 10.8 Å². The lowest BCUT2D eigenvalue weighted by Gasteiger charge is -2.15. The second-order valence-corrected chi connectivity index (χ2v) is 3.06. The standard InChI is InChI=1S/C10H13NO2.C2H6/c1-7(9(11)10(12)13)8-5-3-2-4-6-8;1-2/h2-7,9H,11H2,1H3,(H,12,13);1-2H3/t7-,9+;/m1./s1. The van der Waals surface area contributed by atoms with Crippen LogP contribution in [0.5, 0.6) is 0 Å². The molecule has 0 radical (unpaired) electrons. The third-order valence-electron chi connectivity index (χ3n) is 2.15. The molecule has 3 N–H and O–H groups in total. The molecule has 0 unspecified atom stereocenters. The molecule has 0 saturated carbocycles. The minimum absolute atomic E-state index is 0.154. The van der Waals surface area contributed by atoms with E-state index in [0.29, 0.717) is 0 Å². The highest BCUT2D eigenvalue weighted by Gasteiger charge is 2.20. The second-order valence-electron chi connectivity index (χ2n) is 3.06. The molecule has 15 heavy (non-hydrogen) atoms. The van der Waals surface area contributed by atoms with E-state index in [0.717, 1.165) is 5.56 Å². The SMILES string of the molecule is CC.C[C@H](c1ccccc1)[C@H](N)C(=O)O. The van der Waals surface area contributed by atoms with Gasteiger partial charge in [-0.25, -0.2) is 0 Å². The van der Waals surface area contributed by atoms with Crippen LogP contribution in [0.4, 0.5) is 0 Å². The molecule has 0 aromatic heterocycles. The Morgan fingerprint density at radius 3 is 2.13 bits per heavy atom. The van der Waals surface area contributed by atoms with E-state index in [4.69, 9.17) is 10.8 Å². The van der Waals surface area contributed by atoms with Crippen LogP contribution in [0.25, 0.3) is 0 Å². The largest absolute Gasteiger partial charge is 0.480 e. The average molecular weight is 209 g/mol. The van der Waals surface area contributed by atoms with Crippen molar-refractivity contribution in [3.05, 3.63) is 35.9 Å². The van der Waals surface area contributed by atoms with Crippen molar-refractivity contribution >= 4 is 5.97 Å². The summed E-state index contributed by atoms with van der Waals surface area (Å²) in [5.74, 6) is -1.12. The van der Waals surface area contributed by atoms with Crippen LogP contribution >= 0.6 is 0 Å². The van der Waals surface area contributed by atoms with Gasteiger partial charge in [0.15, 0.2) is 0 Å². The van der Waals surface area contributed by atoms with Crippen molar-refractivity contribution in [2.24, 2.45) is 5.73 Å². The number of carbonyl (C=O) groups is 1. The first kappa shape index (κ1) is 13.7. The Balaban J connectivity index is 0.000000921. The molecule has 3 nitrogen and oxygen atoms in total. The normalized spacial score (nSPS) is 13.3. The van der Waals surface area contributed by atoms with Crippen LogP contribution in [0, 0.1) is 0 Å². The monoisotopic (exact) mass is 209 g/mol. The summed E-state index contributed by atoms with van der Waals surface area (Å²) in [6, 6.07) is 8.58. The molecule has 0 aliphatic carbocycles. The summed E-state index contributed by atoms with van der Waals surface area (Å²) in [5.41, 5.74) is 6.45. The van der Waals surface area contributed by atoms with Gasteiger partial charge in [-0.15, -0.1) is 0 Å². The van der Waals surface area contributed by atoms with Crippen molar-refractivity contribution in [2.45, 2.75) is 32.7 Å². The number of carboxylic acids is 1. The quantitative estimate of drug-likeness (QED) is 0.802. The molecule has 0 saturated heterocycles. The summed E-state index contributed by atoms with van der Waals surface area (Å²) in [4.78, 5) is 10.6. The van der Waals surface area contributed by atoms with E-state index in [2.05, 4.69) is 0 Å². The smallest absolute Gasteiger partial charge is 0.321 e. The Morgan fingerprint density at radius 2 is 1.73 bits per heavy atom. The molecule has 0 aliphatic rings. The van der Waals surface area contributed by atoms with Crippen LogP contribution in [0.15, 0.2) is 30.3 Å². The van der Waals surface area contributed by atoms with Crippen molar-refractivity contribution in [2.75, 3.05) is 0 Å². The molecule has 0 amide bonds. The van der Waals surface area contributed by atoms with Crippen molar-refractivity contribution < 1.29 is 9.90 Å². The lowest BCUT2D eigenvalue weighted by atomic mass is 9.94. The van der Waals surface area contributed by atoms with Crippen molar-refractivity contribution in [1.29, 1.82) is 0 Å². The lowest BCUT2D eigenvalue weighted by Crippen LogP contribution is -2.35. The molecule has 3 heteroatoms. The van der Waals surface area contributed by atoms with Crippen LogP contribution < -0.4 is 5.73 Å². The van der Waals surface area contributed by atoms with Gasteiger partial charge >= 0.3 is 5.97 Å². The summed E-state index contributed by atoms with van der Waals surface area (Å²) in [6.07, 6.45) is 0. The van der Waals surface area contributed by atoms with Gasteiger partial charge in [-0.2, -0.15) is 0 Å². The summed E-state index contributed by atoms with van der Waals surface area (Å²) in [5, 5.41) is 8.69. The number of nitrogens with two attached hydrogens (primary N) is 1. The van der Waals surface area contributed by atoms with Gasteiger partial charge in [0.05, 0.1) is 0 Å². The molecule has 1 rings (SSSR count). The molecule has 84 valence electrons. The second kappa shape index (κ2) is 7.01. The Kier molecular flexibility index (Phi) is 6.38. The Labute approximate surface area is 90.9 Å². The predicted octanol–water partition coefficient (Wildman–Crippen LogP) is 2.23. The Morgan fingerprint density at radius 1 is 1.27 bits per heavy atom. The topological polar surface area (TPSA) is 63.3 Å². The Bertz CT molecular complexity index is 285. The first-order valence-electron chi connectivity index (χ1n) is 5.16. The molecular weight excluding hydrogens is 190 g/mol. The molecule has 0 fully saturated rings. The number of carboxylic acid groups (broad SMARTS) is 1. The fourth-order valence-electron chi connectivity index (χ4n) is 1.18. The number of hydrogen-bond acceptors (Lipinski definition) is 2. The van der Waals surface area contributed by atoms with E-state index in [1.54, 1.807) is 0 Å². The number of rotatable bonds is 3. The van der Waals surface area contributed by atoms with Crippen LogP contribution in [0.3, 0.4) is 0 Å². The summed E-state index contributed by atoms with van der Waals surface area (Å²) >= 11 is 0. The van der Waals surface area contributed by atoms with Crippen molar-refractivity contribution in [3.63, 3.8) is 0 Å². The van der Waals surface area contributed by atoms with Gasteiger partial charge in [0.25, 0.3) is 0 Å². The molecule has 0 spiro atoms. The maximum absolute atomic E-state index is 10.6. The predicted molar refractivity (Wildman–Crippen MR) is 61.8 cm³/mol. The van der Waals surface area contributed by atoms with E-state index in [9.17, 15) is 4.79 Å². The van der Waals surface area contributed by atoms with Gasteiger partial charge in [0.2, 0.25) is 0 Å². The Hall–Kier alpha value is -1.35. The number of hydrogen-bond donors (Lipinski definition) is 2. The van der Waals surface area contributed by atoms with E-state index < -0.39 is 12.0 Å². The first-order chi connectivity index (χ1) is 7.13. The van der Waals surface area contributed by atoms with Gasteiger partial charge in [0.1, 0.15) is 6.04 Å². The molecular formula is C12H19NO2. The van der Waals surface area contributed by atoms with Gasteiger partial charge in [-0.1, -0.05) is 51.1 Å². The zero-order chi connectivity index (χ0) is 11.8. The average Bonchev–Trinajstić information content (AvgIpc) is 2.31. The fourth-order valence-corrected chi connectivity index (χ4v) is 1.18. The molecule has 1 aromatic carbocycles. The fraction of sp³-hybridized carbons (Fsp3) is 0.417. The van der Waals surface area contributed by atoms with Gasteiger partial charge in [0, 0.05) is 5.92 Å². The van der Waals surface area contributed by atoms with Crippen LogP contribution in [-0.4, -0.2) is 17.1 Å². The summed E-state index contributed by atoms with van der Waals surface area (Å²) in [7, 11) is 0. The van der Waals surface area contributed by atoms with Gasteiger partial charge in [-0.05, 0) is 5.56 Å². The van der Waals surface area contributed by atoms with E-state index in [-0.39, 0.29) is 5.92 Å². The van der Waals surface area contributed by atoms with Crippen LogP contribution in [0.1, 0.15) is 32.3 Å². The molecule has 0 heterocycles. The number of aliphatic carboxylic acids is 1. The van der Waals surface area contributed by atoms with E-state index in [1.807, 2.05) is 51.1 Å². The van der Waals surface area contributed by atoms with Crippen molar-refractivity contribution in [3.8, 4) is 0 Å². The number of benzene rings is 1. The minimum Gasteiger partial charge on any atom is -0.480 e. The molecule has 0 aliphatic heterocycles. The van der Waals surface area contributed by atoms with Crippen molar-refractivity contribution in [1.82, 2.24) is 0 Å². The third kappa shape index (κ3) is 4.13. The zero-order valence-corrected chi connectivity index (χ0v) is 9.47. The highest BCUT2D eigenvalue weighted by atomic mass is 16.4. The molecule has 0 bridgehead atoms. The maximum atomic E-state index is 10.6. The first-order valence-corrected chi connectivity index (χ1v) is 5.16. The summed E-state index contributed by atoms with van der Waals surface area (Å²) in [6.45, 7) is 5.81. The van der Waals surface area contributed by atoms with Crippen LogP contribution in [-0.2, 0) is 4.79 Å². The maximum Gasteiger partial charge on any atom is 0.321 e. The lowest BCUT2D eigenvalue weighted by molar-refractivity contribution is -0.139. The molecule has 2 atom stereocenters. The summed E-state index contributed by atoms with van der Waals surface area (Å²) < 4.78 is 0. The molecule has 1 aromatic rings. The van der Waals surface area contributed by atoms with Crippen LogP contribution in [0.2, 0.25) is 0 Å². The highest BCUT2D eigenvalue weighted by molar-refractivity contribution is 5.74. The zero-order valence-electron chi connectivity index (χ0n) is 9.47. The highest BCUT2D eigenvalue weighted by Crippen LogP contribution is 2.17. The van der Waals surface area contributed by atoms with E-state index in [1.165, 1.54) is 0 Å².